The molecule has 3 nitrogen and oxygen atoms in total. The van der Waals surface area contributed by atoms with E-state index in [9.17, 15) is 0 Å². The molecule has 1 aliphatic rings. The maximum atomic E-state index is 5.54. The first-order chi connectivity index (χ1) is 6.84. The lowest BCUT2D eigenvalue weighted by Crippen LogP contribution is -2.31. The maximum absolute atomic E-state index is 5.54. The minimum absolute atomic E-state index is 0.164. The molecule has 1 aromatic carbocycles. The van der Waals surface area contributed by atoms with E-state index in [1.807, 2.05) is 30.3 Å². The zero-order valence-electron chi connectivity index (χ0n) is 7.51. The van der Waals surface area contributed by atoms with Crippen molar-refractivity contribution in [2.45, 2.75) is 12.7 Å². The monoisotopic (exact) mass is 210 g/mol. The van der Waals surface area contributed by atoms with Gasteiger partial charge in [0.2, 0.25) is 6.29 Å². The van der Waals surface area contributed by atoms with Crippen LogP contribution in [0.3, 0.4) is 0 Å². The van der Waals surface area contributed by atoms with E-state index in [-0.39, 0.29) is 11.5 Å². The van der Waals surface area contributed by atoms with Crippen LogP contribution in [0.15, 0.2) is 30.3 Å². The second-order valence-corrected chi connectivity index (χ2v) is 3.20. The average Bonchev–Trinajstić information content (AvgIpc) is 2.19. The normalized spacial score (nSPS) is 20.9. The fourth-order valence-electron chi connectivity index (χ4n) is 1.17. The molecule has 1 heterocycles. The topological polar surface area (TPSA) is 27.7 Å². The number of rotatable bonds is 2. The van der Waals surface area contributed by atoms with Crippen molar-refractivity contribution in [2.24, 2.45) is 0 Å². The van der Waals surface area contributed by atoms with Crippen LogP contribution in [0, 0.1) is 0 Å². The highest BCUT2D eigenvalue weighted by atomic mass is 32.1. The Labute approximate surface area is 87.6 Å². The second-order valence-electron chi connectivity index (χ2n) is 2.87. The molecule has 0 aliphatic carbocycles. The summed E-state index contributed by atoms with van der Waals surface area (Å²) in [7, 11) is 0. The van der Waals surface area contributed by atoms with Crippen LogP contribution in [0.4, 0.5) is 0 Å². The molecule has 0 aromatic heterocycles. The van der Waals surface area contributed by atoms with Crippen molar-refractivity contribution in [3.05, 3.63) is 30.3 Å². The lowest BCUT2D eigenvalue weighted by Gasteiger charge is -2.24. The first-order valence-corrected chi connectivity index (χ1v) is 4.80. The molecule has 0 saturated carbocycles. The van der Waals surface area contributed by atoms with E-state index in [0.717, 1.165) is 5.75 Å². The Morgan fingerprint density at radius 2 is 2.07 bits per heavy atom. The van der Waals surface area contributed by atoms with Crippen molar-refractivity contribution < 1.29 is 14.2 Å². The van der Waals surface area contributed by atoms with Gasteiger partial charge in [-0.25, -0.2) is 0 Å². The fourth-order valence-corrected chi connectivity index (χ4v) is 1.36. The molecule has 1 fully saturated rings. The maximum Gasteiger partial charge on any atom is 0.355 e. The lowest BCUT2D eigenvalue weighted by molar-refractivity contribution is -0.0688. The zero-order chi connectivity index (χ0) is 9.80. The quantitative estimate of drug-likeness (QED) is 0.699. The molecule has 74 valence electrons. The van der Waals surface area contributed by atoms with Gasteiger partial charge >= 0.3 is 5.24 Å². The molecule has 1 saturated heterocycles. The van der Waals surface area contributed by atoms with Crippen LogP contribution in [0.2, 0.25) is 0 Å². The van der Waals surface area contributed by atoms with E-state index in [4.69, 9.17) is 26.4 Å². The van der Waals surface area contributed by atoms with Crippen molar-refractivity contribution in [1.29, 1.82) is 0 Å². The Morgan fingerprint density at radius 3 is 2.79 bits per heavy atom. The Hall–Kier alpha value is -1.29. The highest BCUT2D eigenvalue weighted by molar-refractivity contribution is 7.79. The molecule has 1 atom stereocenters. The summed E-state index contributed by atoms with van der Waals surface area (Å²) < 4.78 is 15.7. The molecule has 1 aliphatic heterocycles. The number of hydrogen-bond donors (Lipinski definition) is 0. The van der Waals surface area contributed by atoms with E-state index in [2.05, 4.69) is 0 Å². The van der Waals surface area contributed by atoms with E-state index in [0.29, 0.717) is 13.0 Å². The third-order valence-corrected chi connectivity index (χ3v) is 2.03. The predicted octanol–water partition coefficient (Wildman–Crippen LogP) is 2.11. The van der Waals surface area contributed by atoms with Gasteiger partial charge in [-0.2, -0.15) is 0 Å². The van der Waals surface area contributed by atoms with Gasteiger partial charge in [0.05, 0.1) is 13.0 Å². The van der Waals surface area contributed by atoms with Gasteiger partial charge in [-0.3, -0.25) is 0 Å². The number of ether oxygens (including phenoxy) is 3. The van der Waals surface area contributed by atoms with E-state index >= 15 is 0 Å². The summed E-state index contributed by atoms with van der Waals surface area (Å²) in [5.74, 6) is 0.780. The molecular formula is C10H10O3S. The van der Waals surface area contributed by atoms with Crippen LogP contribution in [-0.4, -0.2) is 18.1 Å². The van der Waals surface area contributed by atoms with Gasteiger partial charge in [0.1, 0.15) is 5.75 Å². The Balaban J connectivity index is 1.94. The van der Waals surface area contributed by atoms with Crippen LogP contribution in [-0.2, 0) is 9.47 Å². The molecule has 0 N–H and O–H groups in total. The summed E-state index contributed by atoms with van der Waals surface area (Å²) >= 11 is 4.77. The highest BCUT2D eigenvalue weighted by Gasteiger charge is 2.20. The molecule has 0 bridgehead atoms. The minimum atomic E-state index is -0.321. The number of benzene rings is 1. The summed E-state index contributed by atoms with van der Waals surface area (Å²) in [6.07, 6.45) is 0.369. The first-order valence-electron chi connectivity index (χ1n) is 4.40. The number of hydrogen-bond acceptors (Lipinski definition) is 4. The van der Waals surface area contributed by atoms with Crippen molar-refractivity contribution in [3.63, 3.8) is 0 Å². The zero-order valence-corrected chi connectivity index (χ0v) is 8.33. The van der Waals surface area contributed by atoms with Crippen LogP contribution >= 0.6 is 12.2 Å². The molecule has 4 heteroatoms. The molecule has 2 rings (SSSR count). The van der Waals surface area contributed by atoms with Gasteiger partial charge in [0.25, 0.3) is 0 Å². The van der Waals surface area contributed by atoms with Crippen LogP contribution in [0.25, 0.3) is 0 Å². The van der Waals surface area contributed by atoms with Crippen LogP contribution in [0.5, 0.6) is 5.75 Å². The first kappa shape index (κ1) is 9.27. The van der Waals surface area contributed by atoms with Gasteiger partial charge in [-0.1, -0.05) is 18.2 Å². The third-order valence-electron chi connectivity index (χ3n) is 1.81. The van der Waals surface area contributed by atoms with E-state index < -0.39 is 0 Å². The summed E-state index contributed by atoms with van der Waals surface area (Å²) in [5.41, 5.74) is 0. The molecule has 14 heavy (non-hydrogen) atoms. The van der Waals surface area contributed by atoms with Crippen molar-refractivity contribution >= 4 is 17.5 Å². The number of thiocarbonyl (C=S) groups is 1. The minimum Gasteiger partial charge on any atom is -0.456 e. The third kappa shape index (κ3) is 2.35. The summed E-state index contributed by atoms with van der Waals surface area (Å²) in [6, 6.07) is 9.51. The molecule has 1 unspecified atom stereocenters. The Kier molecular flexibility index (Phi) is 2.84. The van der Waals surface area contributed by atoms with Crippen molar-refractivity contribution in [1.82, 2.24) is 0 Å². The Morgan fingerprint density at radius 1 is 1.29 bits per heavy atom. The van der Waals surface area contributed by atoms with Gasteiger partial charge in [-0.05, 0) is 12.1 Å². The largest absolute Gasteiger partial charge is 0.456 e. The standard InChI is InChI=1S/C10H10O3S/c14-10-11-7-6-9(13-10)12-8-4-2-1-3-5-8/h1-5,9H,6-7H2. The number of para-hydroxylation sites is 1. The Bertz CT molecular complexity index is 312. The molecule has 0 radical (unpaired) electrons. The van der Waals surface area contributed by atoms with Gasteiger partial charge < -0.3 is 14.2 Å². The lowest BCUT2D eigenvalue weighted by atomic mass is 10.3. The van der Waals surface area contributed by atoms with Crippen LogP contribution in [0.1, 0.15) is 6.42 Å². The SMILES string of the molecule is S=C1OCCC(Oc2ccccc2)O1. The van der Waals surface area contributed by atoms with Gasteiger partial charge in [-0.15, -0.1) is 0 Å². The van der Waals surface area contributed by atoms with Crippen molar-refractivity contribution in [3.8, 4) is 5.75 Å². The van der Waals surface area contributed by atoms with E-state index in [1.165, 1.54) is 0 Å². The molecule has 0 amide bonds. The van der Waals surface area contributed by atoms with Gasteiger partial charge in [0, 0.05) is 12.2 Å². The fraction of sp³-hybridized carbons (Fsp3) is 0.300. The highest BCUT2D eigenvalue weighted by Crippen LogP contribution is 2.16. The van der Waals surface area contributed by atoms with Crippen molar-refractivity contribution in [2.75, 3.05) is 6.61 Å². The molecule has 1 aromatic rings. The summed E-state index contributed by atoms with van der Waals surface area (Å²) in [5, 5.41) is 0.164. The molecule has 0 spiro atoms. The predicted molar refractivity (Wildman–Crippen MR) is 55.1 cm³/mol. The smallest absolute Gasteiger partial charge is 0.355 e. The van der Waals surface area contributed by atoms with E-state index in [1.54, 1.807) is 0 Å². The summed E-state index contributed by atoms with van der Waals surface area (Å²) in [4.78, 5) is 0. The van der Waals surface area contributed by atoms with Crippen LogP contribution < -0.4 is 4.74 Å². The van der Waals surface area contributed by atoms with Gasteiger partial charge in [0.15, 0.2) is 0 Å². The second kappa shape index (κ2) is 4.28. The average molecular weight is 210 g/mol. The molecular weight excluding hydrogens is 200 g/mol. The summed E-state index contributed by atoms with van der Waals surface area (Å²) in [6.45, 7) is 0.552.